The molecule has 1 aliphatic carbocycles. The van der Waals surface area contributed by atoms with E-state index in [0.717, 1.165) is 6.08 Å². The van der Waals surface area contributed by atoms with Gasteiger partial charge < -0.3 is 0 Å². The first-order valence-electron chi connectivity index (χ1n) is 2.87. The average molecular weight is 272 g/mol. The number of hydrogen-bond donors (Lipinski definition) is 0. The largest absolute Gasteiger partial charge is 0.413 e. The molecule has 0 fully saturated rings. The van der Waals surface area contributed by atoms with E-state index in [1.165, 1.54) is 6.08 Å². The summed E-state index contributed by atoms with van der Waals surface area (Å²) in [6, 6.07) is 0. The summed E-state index contributed by atoms with van der Waals surface area (Å²) in [6.45, 7) is 0. The predicted octanol–water partition coefficient (Wildman–Crippen LogP) is 3.35. The van der Waals surface area contributed by atoms with Crippen molar-refractivity contribution in [3.05, 3.63) is 27.0 Å². The summed E-state index contributed by atoms with van der Waals surface area (Å²) in [4.78, 5) is 0. The average Bonchev–Trinajstić information content (AvgIpc) is 1.86. The summed E-state index contributed by atoms with van der Waals surface area (Å²) >= 11 is 1.85. The normalized spacial score (nSPS) is 17.8. The summed E-state index contributed by atoms with van der Waals surface area (Å²) in [5.74, 6) is 0. The van der Waals surface area contributed by atoms with Crippen LogP contribution in [0.3, 0.4) is 0 Å². The summed E-state index contributed by atoms with van der Waals surface area (Å²) in [7, 11) is 0. The van der Waals surface area contributed by atoms with Crippen LogP contribution < -0.4 is 0 Å². The van der Waals surface area contributed by atoms with Crippen molar-refractivity contribution in [1.29, 1.82) is 0 Å². The van der Waals surface area contributed by atoms with Gasteiger partial charge in [-0.1, -0.05) is 0 Å². The molecular formula is C7H4F3I. The number of alkyl halides is 3. The molecule has 0 bridgehead atoms. The zero-order chi connectivity index (χ0) is 8.48. The second-order valence-corrected chi connectivity index (χ2v) is 3.38. The number of allylic oxidation sites excluding steroid dienone is 3. The molecule has 60 valence electrons. The number of hydrogen-bond acceptors (Lipinski definition) is 0. The van der Waals surface area contributed by atoms with E-state index >= 15 is 0 Å². The van der Waals surface area contributed by atoms with E-state index in [9.17, 15) is 13.2 Å². The van der Waals surface area contributed by atoms with Crippen LogP contribution in [0.5, 0.6) is 0 Å². The quantitative estimate of drug-likeness (QED) is 0.468. The van der Waals surface area contributed by atoms with Crippen molar-refractivity contribution in [3.8, 4) is 0 Å². The van der Waals surface area contributed by atoms with Crippen molar-refractivity contribution in [3.63, 3.8) is 0 Å². The lowest BCUT2D eigenvalue weighted by Gasteiger charge is -2.11. The van der Waals surface area contributed by atoms with Gasteiger partial charge in [0.15, 0.2) is 0 Å². The molecule has 11 heavy (non-hydrogen) atoms. The highest BCUT2D eigenvalue weighted by Gasteiger charge is 2.33. The maximum atomic E-state index is 12.0. The highest BCUT2D eigenvalue weighted by atomic mass is 127. The predicted molar refractivity (Wildman–Crippen MR) is 44.4 cm³/mol. The van der Waals surface area contributed by atoms with Gasteiger partial charge in [0.1, 0.15) is 0 Å². The van der Waals surface area contributed by atoms with E-state index in [2.05, 4.69) is 5.73 Å². The topological polar surface area (TPSA) is 0 Å². The van der Waals surface area contributed by atoms with Crippen molar-refractivity contribution in [2.24, 2.45) is 0 Å². The zero-order valence-electron chi connectivity index (χ0n) is 5.37. The Kier molecular flexibility index (Phi) is 2.44. The molecule has 0 saturated heterocycles. The molecule has 1 rings (SSSR count). The molecule has 4 heteroatoms. The molecule has 0 N–H and O–H groups in total. The number of rotatable bonds is 0. The number of halogens is 4. The first-order valence-corrected chi connectivity index (χ1v) is 3.95. The third kappa shape index (κ3) is 2.38. The Morgan fingerprint density at radius 1 is 1.45 bits per heavy atom. The molecule has 0 amide bonds. The van der Waals surface area contributed by atoms with Gasteiger partial charge >= 0.3 is 6.18 Å². The van der Waals surface area contributed by atoms with Crippen LogP contribution in [0.25, 0.3) is 0 Å². The molecule has 0 aromatic rings. The van der Waals surface area contributed by atoms with Gasteiger partial charge in [-0.3, -0.25) is 0 Å². The molecule has 0 nitrogen and oxygen atoms in total. The Morgan fingerprint density at radius 2 is 2.09 bits per heavy atom. The second-order valence-electron chi connectivity index (χ2n) is 2.08. The van der Waals surface area contributed by atoms with Crippen molar-refractivity contribution in [2.45, 2.75) is 12.6 Å². The lowest BCUT2D eigenvalue weighted by atomic mass is 10.1. The van der Waals surface area contributed by atoms with E-state index in [1.54, 1.807) is 0 Å². The smallest absolute Gasteiger partial charge is 0.166 e. The summed E-state index contributed by atoms with van der Waals surface area (Å²) in [6.07, 6.45) is -1.87. The molecule has 0 aromatic carbocycles. The SMILES string of the molecule is FC(F)(F)C1=CC=C=C(I)C1. The minimum atomic E-state index is -4.19. The maximum absolute atomic E-state index is 12.0. The Balaban J connectivity index is 2.83. The van der Waals surface area contributed by atoms with Crippen molar-refractivity contribution in [2.75, 3.05) is 0 Å². The molecule has 0 saturated carbocycles. The zero-order valence-corrected chi connectivity index (χ0v) is 7.53. The molecule has 0 atom stereocenters. The van der Waals surface area contributed by atoms with E-state index in [-0.39, 0.29) is 6.42 Å². The molecule has 1 aliphatic rings. The van der Waals surface area contributed by atoms with Crippen LogP contribution >= 0.6 is 22.6 Å². The molecule has 0 spiro atoms. The standard InChI is InChI=1S/C7H4F3I/c8-7(9,10)5-2-1-3-6(11)4-5/h1-2H,4H2. The van der Waals surface area contributed by atoms with E-state index in [0.29, 0.717) is 3.58 Å². The summed E-state index contributed by atoms with van der Waals surface area (Å²) in [5, 5.41) is 0. The van der Waals surface area contributed by atoms with Gasteiger partial charge in [-0.25, -0.2) is 0 Å². The van der Waals surface area contributed by atoms with Crippen LogP contribution in [-0.2, 0) is 0 Å². The summed E-state index contributed by atoms with van der Waals surface area (Å²) < 4.78 is 36.5. The fourth-order valence-electron chi connectivity index (χ4n) is 0.705. The molecule has 0 heterocycles. The van der Waals surface area contributed by atoms with Crippen LogP contribution in [0.15, 0.2) is 27.0 Å². The molecular weight excluding hydrogens is 268 g/mol. The third-order valence-corrected chi connectivity index (χ3v) is 1.93. The van der Waals surface area contributed by atoms with Crippen molar-refractivity contribution < 1.29 is 13.2 Å². The van der Waals surface area contributed by atoms with Gasteiger partial charge in [0.2, 0.25) is 0 Å². The van der Waals surface area contributed by atoms with Gasteiger partial charge in [-0.2, -0.15) is 13.2 Å². The monoisotopic (exact) mass is 272 g/mol. The Morgan fingerprint density at radius 3 is 2.45 bits per heavy atom. The van der Waals surface area contributed by atoms with E-state index in [1.807, 2.05) is 22.6 Å². The lowest BCUT2D eigenvalue weighted by Crippen LogP contribution is -2.12. The van der Waals surface area contributed by atoms with Gasteiger partial charge in [0.25, 0.3) is 0 Å². The lowest BCUT2D eigenvalue weighted by molar-refractivity contribution is -0.0930. The van der Waals surface area contributed by atoms with Gasteiger partial charge in [-0.15, -0.1) is 5.73 Å². The molecule has 0 radical (unpaired) electrons. The van der Waals surface area contributed by atoms with Gasteiger partial charge in [-0.05, 0) is 34.7 Å². The van der Waals surface area contributed by atoms with Gasteiger partial charge in [0.05, 0.1) is 0 Å². The maximum Gasteiger partial charge on any atom is 0.413 e. The van der Waals surface area contributed by atoms with Crippen LogP contribution in [0.2, 0.25) is 0 Å². The molecule has 0 aliphatic heterocycles. The third-order valence-electron chi connectivity index (χ3n) is 1.23. The van der Waals surface area contributed by atoms with E-state index in [4.69, 9.17) is 0 Å². The molecule has 0 aromatic heterocycles. The van der Waals surface area contributed by atoms with Crippen LogP contribution in [0, 0.1) is 0 Å². The van der Waals surface area contributed by atoms with Crippen molar-refractivity contribution >= 4 is 22.6 Å². The van der Waals surface area contributed by atoms with Gasteiger partial charge in [0, 0.05) is 15.6 Å². The van der Waals surface area contributed by atoms with E-state index < -0.39 is 11.7 Å². The summed E-state index contributed by atoms with van der Waals surface area (Å²) in [5.41, 5.74) is 2.19. The Hall–Kier alpha value is -0.220. The highest BCUT2D eigenvalue weighted by molar-refractivity contribution is 14.1. The van der Waals surface area contributed by atoms with Crippen molar-refractivity contribution in [1.82, 2.24) is 0 Å². The van der Waals surface area contributed by atoms with Crippen LogP contribution in [-0.4, -0.2) is 6.18 Å². The fourth-order valence-corrected chi connectivity index (χ4v) is 1.30. The highest BCUT2D eigenvalue weighted by Crippen LogP contribution is 2.33. The molecule has 0 unspecified atom stereocenters. The Labute approximate surface area is 75.6 Å². The minimum Gasteiger partial charge on any atom is -0.166 e. The first kappa shape index (κ1) is 8.87. The fraction of sp³-hybridized carbons (Fsp3) is 0.286. The first-order chi connectivity index (χ1) is 5.00. The second kappa shape index (κ2) is 3.03. The van der Waals surface area contributed by atoms with Crippen LogP contribution in [0.4, 0.5) is 13.2 Å². The minimum absolute atomic E-state index is 0.0411. The van der Waals surface area contributed by atoms with Crippen LogP contribution in [0.1, 0.15) is 6.42 Å². The Bertz CT molecular complexity index is 253.